The third-order valence-corrected chi connectivity index (χ3v) is 8.49. The quantitative estimate of drug-likeness (QED) is 0.405. The van der Waals surface area contributed by atoms with Crippen molar-refractivity contribution in [3.8, 4) is 17.2 Å². The van der Waals surface area contributed by atoms with Gasteiger partial charge in [-0.25, -0.2) is 22.7 Å². The predicted octanol–water partition coefficient (Wildman–Crippen LogP) is 4.83. The highest BCUT2D eigenvalue weighted by Gasteiger charge is 2.37. The van der Waals surface area contributed by atoms with E-state index in [-0.39, 0.29) is 16.4 Å². The van der Waals surface area contributed by atoms with Crippen LogP contribution in [0.1, 0.15) is 36.1 Å². The van der Waals surface area contributed by atoms with Crippen molar-refractivity contribution >= 4 is 26.9 Å². The van der Waals surface area contributed by atoms with Gasteiger partial charge in [-0.2, -0.15) is 0 Å². The third-order valence-electron chi connectivity index (χ3n) is 6.89. The number of benzene rings is 3. The highest BCUT2D eigenvalue weighted by atomic mass is 32.2. The molecule has 37 heavy (non-hydrogen) atoms. The second-order valence-electron chi connectivity index (χ2n) is 9.95. The molecule has 8 nitrogen and oxygen atoms in total. The van der Waals surface area contributed by atoms with E-state index in [2.05, 4.69) is 9.71 Å². The predicted molar refractivity (Wildman–Crippen MR) is 144 cm³/mol. The lowest BCUT2D eigenvalue weighted by Crippen LogP contribution is -2.27. The Morgan fingerprint density at radius 3 is 2.35 bits per heavy atom. The van der Waals surface area contributed by atoms with E-state index in [4.69, 9.17) is 9.47 Å². The van der Waals surface area contributed by atoms with E-state index in [1.807, 2.05) is 20.8 Å². The number of rotatable bonds is 5. The van der Waals surface area contributed by atoms with Gasteiger partial charge in [-0.15, -0.1) is 0 Å². The molecule has 2 heterocycles. The number of hydrogen-bond acceptors (Lipinski definition) is 6. The SMILES string of the molecule is COc1ccc(-n2c(NS(=O)(=O)c3c(C)c(C)c4c(c3C)CC(C)(C)O4)nc3ccccc3c2=O)cc1. The van der Waals surface area contributed by atoms with E-state index in [0.717, 1.165) is 16.9 Å². The minimum atomic E-state index is -4.14. The number of para-hydroxylation sites is 1. The molecule has 0 bridgehead atoms. The van der Waals surface area contributed by atoms with Crippen LogP contribution in [0.15, 0.2) is 58.2 Å². The second-order valence-corrected chi connectivity index (χ2v) is 11.6. The van der Waals surface area contributed by atoms with Crippen LogP contribution in [0, 0.1) is 20.8 Å². The van der Waals surface area contributed by atoms with Gasteiger partial charge in [0.25, 0.3) is 15.6 Å². The van der Waals surface area contributed by atoms with Crippen LogP contribution in [0.5, 0.6) is 11.5 Å². The Hall–Kier alpha value is -3.85. The van der Waals surface area contributed by atoms with Crippen molar-refractivity contribution in [2.24, 2.45) is 0 Å². The van der Waals surface area contributed by atoms with Crippen molar-refractivity contribution in [2.45, 2.75) is 51.5 Å². The smallest absolute Gasteiger partial charge is 0.267 e. The van der Waals surface area contributed by atoms with Gasteiger partial charge in [0.2, 0.25) is 5.95 Å². The summed E-state index contributed by atoms with van der Waals surface area (Å²) in [5.74, 6) is 1.26. The van der Waals surface area contributed by atoms with E-state index in [9.17, 15) is 13.2 Å². The molecule has 0 atom stereocenters. The van der Waals surface area contributed by atoms with E-state index < -0.39 is 15.6 Å². The van der Waals surface area contributed by atoms with Gasteiger partial charge >= 0.3 is 0 Å². The van der Waals surface area contributed by atoms with Crippen LogP contribution in [-0.2, 0) is 16.4 Å². The average molecular weight is 520 g/mol. The van der Waals surface area contributed by atoms with E-state index in [0.29, 0.717) is 39.9 Å². The van der Waals surface area contributed by atoms with Gasteiger partial charge in [0.1, 0.15) is 17.1 Å². The number of sulfonamides is 1. The van der Waals surface area contributed by atoms with Gasteiger partial charge in [0.15, 0.2) is 0 Å². The molecule has 0 amide bonds. The molecule has 1 N–H and O–H groups in total. The minimum Gasteiger partial charge on any atom is -0.497 e. The molecule has 1 aliphatic rings. The summed E-state index contributed by atoms with van der Waals surface area (Å²) in [5.41, 5.74) is 2.93. The van der Waals surface area contributed by atoms with Gasteiger partial charge in [-0.3, -0.25) is 4.79 Å². The van der Waals surface area contributed by atoms with Gasteiger partial charge in [-0.05, 0) is 87.7 Å². The van der Waals surface area contributed by atoms with E-state index >= 15 is 0 Å². The van der Waals surface area contributed by atoms with Crippen molar-refractivity contribution in [3.05, 3.63) is 81.1 Å². The lowest BCUT2D eigenvalue weighted by atomic mass is 9.94. The van der Waals surface area contributed by atoms with E-state index in [1.54, 1.807) is 69.5 Å². The molecule has 0 saturated heterocycles. The molecule has 3 aromatic carbocycles. The number of nitrogens with one attached hydrogen (secondary N) is 1. The molecule has 0 fully saturated rings. The maximum Gasteiger partial charge on any atom is 0.267 e. The van der Waals surface area contributed by atoms with Gasteiger partial charge in [0.05, 0.1) is 28.6 Å². The van der Waals surface area contributed by atoms with Crippen molar-refractivity contribution in [1.82, 2.24) is 9.55 Å². The third kappa shape index (κ3) is 4.13. The number of fused-ring (bicyclic) bond motifs is 2. The zero-order valence-electron chi connectivity index (χ0n) is 21.7. The summed E-state index contributed by atoms with van der Waals surface area (Å²) in [4.78, 5) is 18.3. The Balaban J connectivity index is 1.71. The number of nitrogens with zero attached hydrogens (tertiary/aromatic N) is 2. The summed E-state index contributed by atoms with van der Waals surface area (Å²) in [5, 5.41) is 0.376. The summed E-state index contributed by atoms with van der Waals surface area (Å²) < 4.78 is 43.2. The Kier molecular flexibility index (Phi) is 5.79. The normalized spacial score (nSPS) is 14.3. The van der Waals surface area contributed by atoms with Crippen LogP contribution in [0.3, 0.4) is 0 Å². The summed E-state index contributed by atoms with van der Waals surface area (Å²) in [6.07, 6.45) is 0.600. The summed E-state index contributed by atoms with van der Waals surface area (Å²) in [7, 11) is -2.59. The molecular formula is C28H29N3O5S. The molecule has 1 aliphatic heterocycles. The molecule has 192 valence electrons. The van der Waals surface area contributed by atoms with Crippen LogP contribution in [0.25, 0.3) is 16.6 Å². The zero-order valence-corrected chi connectivity index (χ0v) is 22.5. The number of anilines is 1. The van der Waals surface area contributed by atoms with Crippen molar-refractivity contribution < 1.29 is 17.9 Å². The van der Waals surface area contributed by atoms with Gasteiger partial charge in [0, 0.05) is 12.0 Å². The second kappa shape index (κ2) is 8.62. The molecule has 5 rings (SSSR count). The van der Waals surface area contributed by atoms with Crippen LogP contribution in [-0.4, -0.2) is 30.7 Å². The number of hydrogen-bond donors (Lipinski definition) is 1. The minimum absolute atomic E-state index is 0.0950. The Morgan fingerprint density at radius 2 is 1.68 bits per heavy atom. The van der Waals surface area contributed by atoms with E-state index in [1.165, 1.54) is 4.57 Å². The fourth-order valence-electron chi connectivity index (χ4n) is 4.99. The molecular weight excluding hydrogens is 490 g/mol. The Morgan fingerprint density at radius 1 is 1.00 bits per heavy atom. The lowest BCUT2D eigenvalue weighted by Gasteiger charge is -2.20. The van der Waals surface area contributed by atoms with Crippen LogP contribution in [0.4, 0.5) is 5.95 Å². The van der Waals surface area contributed by atoms with Gasteiger partial charge in [-0.1, -0.05) is 12.1 Å². The summed E-state index contributed by atoms with van der Waals surface area (Å²) in [6, 6.07) is 13.6. The fourth-order valence-corrected chi connectivity index (χ4v) is 6.55. The first-order valence-electron chi connectivity index (χ1n) is 11.9. The molecule has 1 aromatic heterocycles. The number of aromatic nitrogens is 2. The average Bonchev–Trinajstić information content (AvgIpc) is 3.19. The molecule has 0 unspecified atom stereocenters. The molecule has 0 aliphatic carbocycles. The molecule has 0 radical (unpaired) electrons. The first-order valence-corrected chi connectivity index (χ1v) is 13.4. The molecule has 0 saturated carbocycles. The standard InChI is InChI=1S/C28H29N3O5S/c1-16-17(2)25(18(3)22-15-28(4,5)36-24(16)22)37(33,34)30-27-29-23-10-8-7-9-21(23)26(32)31(27)19-11-13-20(35-6)14-12-19/h7-14H,15H2,1-6H3,(H,29,30). The fraction of sp³-hybridized carbons (Fsp3) is 0.286. The summed E-state index contributed by atoms with van der Waals surface area (Å²) in [6.45, 7) is 9.42. The first kappa shape index (κ1) is 24.8. The highest BCUT2D eigenvalue weighted by molar-refractivity contribution is 7.92. The molecule has 0 spiro atoms. The monoisotopic (exact) mass is 519 g/mol. The van der Waals surface area contributed by atoms with Crippen molar-refractivity contribution in [3.63, 3.8) is 0 Å². The summed E-state index contributed by atoms with van der Waals surface area (Å²) >= 11 is 0. The molecule has 4 aromatic rings. The van der Waals surface area contributed by atoms with Crippen molar-refractivity contribution in [1.29, 1.82) is 0 Å². The number of ether oxygens (including phenoxy) is 2. The van der Waals surface area contributed by atoms with Crippen LogP contribution >= 0.6 is 0 Å². The zero-order chi connectivity index (χ0) is 26.7. The lowest BCUT2D eigenvalue weighted by molar-refractivity contribution is 0.137. The Bertz CT molecular complexity index is 1720. The topological polar surface area (TPSA) is 99.5 Å². The van der Waals surface area contributed by atoms with Crippen LogP contribution < -0.4 is 19.8 Å². The first-order chi connectivity index (χ1) is 17.4. The largest absolute Gasteiger partial charge is 0.497 e. The van der Waals surface area contributed by atoms with Gasteiger partial charge < -0.3 is 9.47 Å². The van der Waals surface area contributed by atoms with Crippen LogP contribution in [0.2, 0.25) is 0 Å². The number of methoxy groups -OCH3 is 1. The maximum absolute atomic E-state index is 14.0. The Labute approximate surface area is 215 Å². The maximum atomic E-state index is 14.0. The molecule has 9 heteroatoms. The van der Waals surface area contributed by atoms with Crippen molar-refractivity contribution in [2.75, 3.05) is 11.8 Å². The highest BCUT2D eigenvalue weighted by Crippen LogP contribution is 2.44.